The summed E-state index contributed by atoms with van der Waals surface area (Å²) in [6, 6.07) is 7.42. The van der Waals surface area contributed by atoms with Gasteiger partial charge >= 0.3 is 0 Å². The zero-order valence-corrected chi connectivity index (χ0v) is 12.0. The molecule has 5 heteroatoms. The highest BCUT2D eigenvalue weighted by atomic mass is 35.5. The third kappa shape index (κ3) is 4.04. The van der Waals surface area contributed by atoms with Crippen molar-refractivity contribution in [3.8, 4) is 11.5 Å². The minimum atomic E-state index is 0.515. The van der Waals surface area contributed by atoms with Crippen LogP contribution in [0.4, 0.5) is 0 Å². The fourth-order valence-corrected chi connectivity index (χ4v) is 1.98. The summed E-state index contributed by atoms with van der Waals surface area (Å²) in [6.07, 6.45) is 2.35. The van der Waals surface area contributed by atoms with Gasteiger partial charge in [0.1, 0.15) is 0 Å². The van der Waals surface area contributed by atoms with Gasteiger partial charge in [-0.05, 0) is 38.2 Å². The highest BCUT2D eigenvalue weighted by Gasteiger charge is 2.10. The largest absolute Gasteiger partial charge is 0.419 e. The number of unbranched alkanes of at least 4 members (excludes halogenated alkanes) is 1. The van der Waals surface area contributed by atoms with Crippen molar-refractivity contribution in [2.45, 2.75) is 26.3 Å². The normalized spacial score (nSPS) is 11.2. The minimum absolute atomic E-state index is 0.515. The zero-order chi connectivity index (χ0) is 13.7. The quantitative estimate of drug-likeness (QED) is 0.810. The average Bonchev–Trinajstić information content (AvgIpc) is 2.85. The molecule has 0 unspecified atom stereocenters. The molecule has 0 bridgehead atoms. The Hall–Kier alpha value is -1.39. The molecule has 2 rings (SSSR count). The Kier molecular flexibility index (Phi) is 4.93. The molecule has 19 heavy (non-hydrogen) atoms. The number of hydrogen-bond acceptors (Lipinski definition) is 4. The van der Waals surface area contributed by atoms with E-state index in [1.54, 1.807) is 0 Å². The number of nitrogens with zero attached hydrogens (tertiary/aromatic N) is 3. The van der Waals surface area contributed by atoms with Crippen LogP contribution in [0, 0.1) is 0 Å². The van der Waals surface area contributed by atoms with Crippen LogP contribution in [0.25, 0.3) is 11.5 Å². The van der Waals surface area contributed by atoms with Crippen molar-refractivity contribution in [3.05, 3.63) is 35.2 Å². The molecule has 0 fully saturated rings. The molecule has 1 heterocycles. The van der Waals surface area contributed by atoms with Crippen LogP contribution in [-0.2, 0) is 6.54 Å². The Bertz CT molecular complexity index is 527. The van der Waals surface area contributed by atoms with E-state index in [9.17, 15) is 0 Å². The van der Waals surface area contributed by atoms with E-state index in [4.69, 9.17) is 16.0 Å². The first-order valence-electron chi connectivity index (χ1n) is 6.46. The summed E-state index contributed by atoms with van der Waals surface area (Å²) in [5, 5.41) is 8.79. The topological polar surface area (TPSA) is 42.2 Å². The van der Waals surface area contributed by atoms with Gasteiger partial charge in [0.25, 0.3) is 0 Å². The molecule has 0 aliphatic heterocycles. The Balaban J connectivity index is 2.03. The maximum absolute atomic E-state index is 5.94. The second kappa shape index (κ2) is 6.68. The van der Waals surface area contributed by atoms with E-state index in [0.29, 0.717) is 23.3 Å². The first kappa shape index (κ1) is 14.0. The predicted octanol–water partition coefficient (Wildman–Crippen LogP) is 3.62. The van der Waals surface area contributed by atoms with Gasteiger partial charge in [-0.2, -0.15) is 0 Å². The summed E-state index contributed by atoms with van der Waals surface area (Å²) in [6.45, 7) is 3.89. The lowest BCUT2D eigenvalue weighted by molar-refractivity contribution is 0.286. The second-order valence-corrected chi connectivity index (χ2v) is 5.04. The molecule has 0 saturated heterocycles. The van der Waals surface area contributed by atoms with Gasteiger partial charge in [-0.15, -0.1) is 10.2 Å². The van der Waals surface area contributed by atoms with Gasteiger partial charge < -0.3 is 4.42 Å². The lowest BCUT2D eigenvalue weighted by Gasteiger charge is -2.12. The third-order valence-electron chi connectivity index (χ3n) is 2.84. The number of benzene rings is 1. The number of rotatable bonds is 6. The fraction of sp³-hybridized carbons (Fsp3) is 0.429. The SMILES string of the molecule is CCCCN(C)Cc1nnc(-c2cccc(Cl)c2)o1. The lowest BCUT2D eigenvalue weighted by Crippen LogP contribution is -2.19. The first-order valence-corrected chi connectivity index (χ1v) is 6.83. The van der Waals surface area contributed by atoms with E-state index in [1.165, 1.54) is 12.8 Å². The van der Waals surface area contributed by atoms with E-state index in [1.807, 2.05) is 24.3 Å². The van der Waals surface area contributed by atoms with Crippen molar-refractivity contribution in [2.75, 3.05) is 13.6 Å². The molecule has 0 aliphatic rings. The van der Waals surface area contributed by atoms with Crippen molar-refractivity contribution < 1.29 is 4.42 Å². The van der Waals surface area contributed by atoms with Gasteiger partial charge in [-0.1, -0.05) is 31.0 Å². The maximum atomic E-state index is 5.94. The van der Waals surface area contributed by atoms with Crippen LogP contribution in [0.15, 0.2) is 28.7 Å². The van der Waals surface area contributed by atoms with Crippen LogP contribution in [0.5, 0.6) is 0 Å². The molecule has 0 atom stereocenters. The molecule has 4 nitrogen and oxygen atoms in total. The molecule has 1 aromatic carbocycles. The molecule has 102 valence electrons. The van der Waals surface area contributed by atoms with Crippen LogP contribution in [0.2, 0.25) is 5.02 Å². The molecule has 0 aliphatic carbocycles. The molecule has 0 radical (unpaired) electrons. The standard InChI is InChI=1S/C14H18ClN3O/c1-3-4-8-18(2)10-13-16-17-14(19-13)11-6-5-7-12(15)9-11/h5-7,9H,3-4,8,10H2,1-2H3. The Morgan fingerprint density at radius 1 is 1.32 bits per heavy atom. The van der Waals surface area contributed by atoms with Crippen molar-refractivity contribution >= 4 is 11.6 Å². The third-order valence-corrected chi connectivity index (χ3v) is 3.07. The summed E-state index contributed by atoms with van der Waals surface area (Å²) in [4.78, 5) is 2.18. The fourth-order valence-electron chi connectivity index (χ4n) is 1.79. The monoisotopic (exact) mass is 279 g/mol. The Morgan fingerprint density at radius 3 is 2.89 bits per heavy atom. The number of aromatic nitrogens is 2. The van der Waals surface area contributed by atoms with Gasteiger partial charge in [0.15, 0.2) is 0 Å². The van der Waals surface area contributed by atoms with Crippen molar-refractivity contribution in [1.29, 1.82) is 0 Å². The number of hydrogen-bond donors (Lipinski definition) is 0. The van der Waals surface area contributed by atoms with Gasteiger partial charge in [-0.25, -0.2) is 0 Å². The molecule has 0 N–H and O–H groups in total. The van der Waals surface area contributed by atoms with Crippen LogP contribution in [0.3, 0.4) is 0 Å². The average molecular weight is 280 g/mol. The van der Waals surface area contributed by atoms with Gasteiger partial charge in [0, 0.05) is 10.6 Å². The van der Waals surface area contributed by atoms with Gasteiger partial charge in [0.05, 0.1) is 6.54 Å². The molecular formula is C14H18ClN3O. The van der Waals surface area contributed by atoms with Crippen LogP contribution in [0.1, 0.15) is 25.7 Å². The Morgan fingerprint density at radius 2 is 2.16 bits per heavy atom. The van der Waals surface area contributed by atoms with Crippen LogP contribution in [-0.4, -0.2) is 28.7 Å². The van der Waals surface area contributed by atoms with Crippen LogP contribution >= 0.6 is 11.6 Å². The molecular weight excluding hydrogens is 262 g/mol. The number of halogens is 1. The highest BCUT2D eigenvalue weighted by Crippen LogP contribution is 2.21. The highest BCUT2D eigenvalue weighted by molar-refractivity contribution is 6.30. The first-order chi connectivity index (χ1) is 9.19. The van der Waals surface area contributed by atoms with Gasteiger partial charge in [0.2, 0.25) is 11.8 Å². The Labute approximate surface area is 118 Å². The van der Waals surface area contributed by atoms with Crippen molar-refractivity contribution in [3.63, 3.8) is 0 Å². The van der Waals surface area contributed by atoms with E-state index >= 15 is 0 Å². The van der Waals surface area contributed by atoms with Gasteiger partial charge in [-0.3, -0.25) is 4.90 Å². The molecule has 1 aromatic heterocycles. The zero-order valence-electron chi connectivity index (χ0n) is 11.3. The summed E-state index contributed by atoms with van der Waals surface area (Å²) >= 11 is 5.94. The van der Waals surface area contributed by atoms with E-state index in [2.05, 4.69) is 29.1 Å². The van der Waals surface area contributed by atoms with E-state index < -0.39 is 0 Å². The van der Waals surface area contributed by atoms with E-state index in [0.717, 1.165) is 12.1 Å². The molecule has 0 saturated carbocycles. The molecule has 2 aromatic rings. The summed E-state index contributed by atoms with van der Waals surface area (Å²) in [7, 11) is 2.05. The van der Waals surface area contributed by atoms with Crippen molar-refractivity contribution in [2.24, 2.45) is 0 Å². The molecule has 0 amide bonds. The summed E-state index contributed by atoms with van der Waals surface area (Å²) in [5.41, 5.74) is 0.850. The second-order valence-electron chi connectivity index (χ2n) is 4.60. The smallest absolute Gasteiger partial charge is 0.247 e. The van der Waals surface area contributed by atoms with Crippen LogP contribution < -0.4 is 0 Å². The minimum Gasteiger partial charge on any atom is -0.419 e. The summed E-state index contributed by atoms with van der Waals surface area (Å²) in [5.74, 6) is 1.15. The maximum Gasteiger partial charge on any atom is 0.247 e. The predicted molar refractivity (Wildman–Crippen MR) is 76.0 cm³/mol. The van der Waals surface area contributed by atoms with E-state index in [-0.39, 0.29) is 0 Å². The molecule has 0 spiro atoms. The lowest BCUT2D eigenvalue weighted by atomic mass is 10.2. The summed E-state index contributed by atoms with van der Waals surface area (Å²) < 4.78 is 5.65. The van der Waals surface area contributed by atoms with Crippen molar-refractivity contribution in [1.82, 2.24) is 15.1 Å².